The van der Waals surface area contributed by atoms with Crippen molar-refractivity contribution in [2.75, 3.05) is 6.61 Å². The minimum Gasteiger partial charge on any atom is -0.394 e. The Kier molecular flexibility index (Phi) is 4.93. The van der Waals surface area contributed by atoms with Crippen molar-refractivity contribution in [3.8, 4) is 0 Å². The van der Waals surface area contributed by atoms with E-state index in [1.807, 2.05) is 31.2 Å². The number of thiophene rings is 1. The van der Waals surface area contributed by atoms with E-state index in [0.717, 1.165) is 16.9 Å². The lowest BCUT2D eigenvalue weighted by Gasteiger charge is -2.16. The molecule has 2 N–H and O–H groups in total. The Morgan fingerprint density at radius 2 is 1.90 bits per heavy atom. The van der Waals surface area contributed by atoms with E-state index >= 15 is 0 Å². The van der Waals surface area contributed by atoms with E-state index in [1.165, 1.54) is 11.3 Å². The fourth-order valence-electron chi connectivity index (χ4n) is 1.83. The third-order valence-electron chi connectivity index (χ3n) is 2.93. The van der Waals surface area contributed by atoms with Gasteiger partial charge >= 0.3 is 0 Å². The molecule has 0 aliphatic heterocycles. The van der Waals surface area contributed by atoms with Crippen LogP contribution in [0.1, 0.15) is 23.4 Å². The van der Waals surface area contributed by atoms with Crippen LogP contribution in [-0.4, -0.2) is 20.1 Å². The largest absolute Gasteiger partial charge is 0.394 e. The van der Waals surface area contributed by atoms with Crippen LogP contribution in [0.2, 0.25) is 0 Å². The minimum absolute atomic E-state index is 0.281. The second kappa shape index (κ2) is 6.49. The summed E-state index contributed by atoms with van der Waals surface area (Å²) in [4.78, 5) is 1.02. The van der Waals surface area contributed by atoms with Crippen molar-refractivity contribution in [2.45, 2.75) is 23.6 Å². The second-order valence-electron chi connectivity index (χ2n) is 4.34. The van der Waals surface area contributed by atoms with Crippen LogP contribution in [0.4, 0.5) is 0 Å². The monoisotopic (exact) mass is 311 g/mol. The van der Waals surface area contributed by atoms with Gasteiger partial charge in [-0.3, -0.25) is 0 Å². The van der Waals surface area contributed by atoms with Crippen molar-refractivity contribution in [1.82, 2.24) is 4.72 Å². The van der Waals surface area contributed by atoms with Crippen LogP contribution < -0.4 is 4.72 Å². The van der Waals surface area contributed by atoms with Crippen LogP contribution in [0.25, 0.3) is 0 Å². The molecule has 0 spiro atoms. The predicted octanol–water partition coefficient (Wildman–Crippen LogP) is 2.32. The van der Waals surface area contributed by atoms with Crippen molar-refractivity contribution in [2.24, 2.45) is 0 Å². The summed E-state index contributed by atoms with van der Waals surface area (Å²) < 4.78 is 27.4. The summed E-state index contributed by atoms with van der Waals surface area (Å²) in [5.41, 5.74) is 0.742. The van der Waals surface area contributed by atoms with Crippen molar-refractivity contribution < 1.29 is 13.5 Å². The average molecular weight is 311 g/mol. The maximum absolute atomic E-state index is 12.3. The van der Waals surface area contributed by atoms with Gasteiger partial charge in [-0.05, 0) is 24.1 Å². The average Bonchev–Trinajstić information content (AvgIpc) is 2.95. The number of aliphatic hydroxyl groups is 1. The quantitative estimate of drug-likeness (QED) is 0.860. The highest BCUT2D eigenvalue weighted by atomic mass is 32.2. The Bertz CT molecular complexity index is 650. The van der Waals surface area contributed by atoms with Gasteiger partial charge in [0.1, 0.15) is 4.21 Å². The van der Waals surface area contributed by atoms with Crippen LogP contribution in [-0.2, 0) is 16.4 Å². The molecule has 0 aliphatic rings. The molecule has 20 heavy (non-hydrogen) atoms. The molecule has 0 amide bonds. The topological polar surface area (TPSA) is 66.4 Å². The van der Waals surface area contributed by atoms with Crippen molar-refractivity contribution in [3.05, 3.63) is 52.9 Å². The first-order chi connectivity index (χ1) is 9.56. The number of sulfonamides is 1. The van der Waals surface area contributed by atoms with Crippen LogP contribution in [0.3, 0.4) is 0 Å². The molecule has 4 nitrogen and oxygen atoms in total. The third-order valence-corrected chi connectivity index (χ3v) is 6.13. The molecule has 0 bridgehead atoms. The zero-order chi connectivity index (χ0) is 14.6. The lowest BCUT2D eigenvalue weighted by atomic mass is 10.1. The Balaban J connectivity index is 2.22. The maximum atomic E-state index is 12.3. The molecule has 0 aliphatic carbocycles. The van der Waals surface area contributed by atoms with Crippen LogP contribution >= 0.6 is 11.3 Å². The highest BCUT2D eigenvalue weighted by Gasteiger charge is 2.22. The van der Waals surface area contributed by atoms with E-state index in [1.54, 1.807) is 18.2 Å². The molecular formula is C14H17NO3S2. The molecule has 2 aromatic rings. The molecule has 0 radical (unpaired) electrons. The zero-order valence-electron chi connectivity index (χ0n) is 11.1. The summed E-state index contributed by atoms with van der Waals surface area (Å²) in [7, 11) is -3.60. The Hall–Kier alpha value is -1.21. The normalized spacial score (nSPS) is 13.3. The SMILES string of the molecule is CCc1ccc(S(=O)(=O)N[C@@H](CO)c2ccccc2)s1. The van der Waals surface area contributed by atoms with Crippen molar-refractivity contribution in [3.63, 3.8) is 0 Å². The van der Waals surface area contributed by atoms with Gasteiger partial charge in [0.25, 0.3) is 10.0 Å². The first-order valence-electron chi connectivity index (χ1n) is 6.33. The molecule has 1 heterocycles. The zero-order valence-corrected chi connectivity index (χ0v) is 12.7. The van der Waals surface area contributed by atoms with Gasteiger partial charge in [-0.2, -0.15) is 0 Å². The van der Waals surface area contributed by atoms with Gasteiger partial charge in [0.2, 0.25) is 0 Å². The molecule has 0 fully saturated rings. The van der Waals surface area contributed by atoms with Crippen LogP contribution in [0.15, 0.2) is 46.7 Å². The molecule has 1 aromatic carbocycles. The second-order valence-corrected chi connectivity index (χ2v) is 7.45. The molecule has 0 saturated heterocycles. The van der Waals surface area contributed by atoms with E-state index in [4.69, 9.17) is 0 Å². The number of hydrogen-bond donors (Lipinski definition) is 2. The molecule has 0 saturated carbocycles. The van der Waals surface area contributed by atoms with E-state index in [-0.39, 0.29) is 10.8 Å². The van der Waals surface area contributed by atoms with E-state index in [2.05, 4.69) is 4.72 Å². The number of hydrogen-bond acceptors (Lipinski definition) is 4. The smallest absolute Gasteiger partial charge is 0.250 e. The highest BCUT2D eigenvalue weighted by Crippen LogP contribution is 2.24. The molecule has 1 aromatic heterocycles. The Morgan fingerprint density at radius 1 is 1.20 bits per heavy atom. The number of aryl methyl sites for hydroxylation is 1. The van der Waals surface area contributed by atoms with E-state index in [0.29, 0.717) is 0 Å². The number of nitrogens with one attached hydrogen (secondary N) is 1. The van der Waals surface area contributed by atoms with Crippen LogP contribution in [0.5, 0.6) is 0 Å². The summed E-state index contributed by atoms with van der Waals surface area (Å²) in [6, 6.07) is 11.8. The molecular weight excluding hydrogens is 294 g/mol. The molecule has 108 valence electrons. The number of benzene rings is 1. The number of rotatable bonds is 6. The fraction of sp³-hybridized carbons (Fsp3) is 0.286. The van der Waals surface area contributed by atoms with Gasteiger partial charge < -0.3 is 5.11 Å². The van der Waals surface area contributed by atoms with Crippen molar-refractivity contribution in [1.29, 1.82) is 0 Å². The number of aliphatic hydroxyl groups excluding tert-OH is 1. The molecule has 1 atom stereocenters. The maximum Gasteiger partial charge on any atom is 0.250 e. The third kappa shape index (κ3) is 3.46. The summed E-state index contributed by atoms with van der Waals surface area (Å²) in [5.74, 6) is 0. The standard InChI is InChI=1S/C14H17NO3S2/c1-2-12-8-9-14(19-12)20(17,18)15-13(10-16)11-6-4-3-5-7-11/h3-9,13,15-16H,2,10H2,1H3/t13-/m0/s1. The summed E-state index contributed by atoms with van der Waals surface area (Å²) in [6.07, 6.45) is 0.808. The van der Waals surface area contributed by atoms with Crippen LogP contribution in [0, 0.1) is 0 Å². The van der Waals surface area contributed by atoms with Gasteiger partial charge in [0.05, 0.1) is 12.6 Å². The van der Waals surface area contributed by atoms with Gasteiger partial charge in [-0.1, -0.05) is 37.3 Å². The van der Waals surface area contributed by atoms with E-state index in [9.17, 15) is 13.5 Å². The summed E-state index contributed by atoms with van der Waals surface area (Å²) >= 11 is 1.26. The fourth-order valence-corrected chi connectivity index (χ4v) is 4.36. The summed E-state index contributed by atoms with van der Waals surface area (Å²) in [6.45, 7) is 1.70. The first-order valence-corrected chi connectivity index (χ1v) is 8.63. The molecule has 6 heteroatoms. The minimum atomic E-state index is -3.60. The van der Waals surface area contributed by atoms with Crippen molar-refractivity contribution >= 4 is 21.4 Å². The molecule has 0 unspecified atom stereocenters. The summed E-state index contributed by atoms with van der Waals surface area (Å²) in [5, 5.41) is 9.42. The van der Waals surface area contributed by atoms with Gasteiger partial charge in [-0.15, -0.1) is 11.3 Å². The lowest BCUT2D eigenvalue weighted by molar-refractivity contribution is 0.259. The highest BCUT2D eigenvalue weighted by molar-refractivity contribution is 7.91. The van der Waals surface area contributed by atoms with Gasteiger partial charge in [0.15, 0.2) is 0 Å². The first kappa shape index (κ1) is 15.2. The Morgan fingerprint density at radius 3 is 2.45 bits per heavy atom. The molecule has 2 rings (SSSR count). The lowest BCUT2D eigenvalue weighted by Crippen LogP contribution is -2.30. The van der Waals surface area contributed by atoms with Gasteiger partial charge in [0, 0.05) is 4.88 Å². The van der Waals surface area contributed by atoms with Gasteiger partial charge in [-0.25, -0.2) is 13.1 Å². The Labute approximate surface area is 123 Å². The van der Waals surface area contributed by atoms with E-state index < -0.39 is 16.1 Å². The predicted molar refractivity (Wildman–Crippen MR) is 80.3 cm³/mol.